The van der Waals surface area contributed by atoms with Crippen molar-refractivity contribution in [2.75, 3.05) is 20.2 Å². The Labute approximate surface area is 110 Å². The van der Waals surface area contributed by atoms with Crippen LogP contribution in [0.3, 0.4) is 0 Å². The number of hydrogen-bond acceptors (Lipinski definition) is 3. The van der Waals surface area contributed by atoms with Crippen LogP contribution in [0.15, 0.2) is 24.3 Å². The Bertz CT molecular complexity index is 359. The standard InChI is InChI=1S/C15H24N2O/c1-3-18-14-8-4-12(5-9-14)11-17(2)15(10-16)13-6-7-13/h4-5,8-9,13,15H,3,6-7,10-11,16H2,1-2H3. The van der Waals surface area contributed by atoms with Gasteiger partial charge < -0.3 is 10.5 Å². The van der Waals surface area contributed by atoms with Crippen LogP contribution in [0.4, 0.5) is 0 Å². The average Bonchev–Trinajstić information content (AvgIpc) is 3.17. The number of nitrogens with zero attached hydrogens (tertiary/aromatic N) is 1. The van der Waals surface area contributed by atoms with Gasteiger partial charge in [0.2, 0.25) is 0 Å². The number of ether oxygens (including phenoxy) is 1. The first kappa shape index (κ1) is 13.4. The van der Waals surface area contributed by atoms with Gasteiger partial charge in [-0.3, -0.25) is 4.90 Å². The maximum atomic E-state index is 5.87. The van der Waals surface area contributed by atoms with E-state index in [4.69, 9.17) is 10.5 Å². The molecule has 0 saturated heterocycles. The topological polar surface area (TPSA) is 38.5 Å². The summed E-state index contributed by atoms with van der Waals surface area (Å²) in [6.07, 6.45) is 2.69. The van der Waals surface area contributed by atoms with Crippen molar-refractivity contribution in [3.8, 4) is 5.75 Å². The quantitative estimate of drug-likeness (QED) is 0.804. The molecule has 1 unspecified atom stereocenters. The van der Waals surface area contributed by atoms with E-state index in [0.29, 0.717) is 6.04 Å². The molecule has 0 spiro atoms. The van der Waals surface area contributed by atoms with Crippen LogP contribution in [-0.2, 0) is 6.54 Å². The molecule has 3 heteroatoms. The molecule has 0 aromatic heterocycles. The number of rotatable bonds is 7. The lowest BCUT2D eigenvalue weighted by Gasteiger charge is -2.27. The first-order valence-corrected chi connectivity index (χ1v) is 6.86. The first-order valence-electron chi connectivity index (χ1n) is 6.86. The summed E-state index contributed by atoms with van der Waals surface area (Å²) in [5.74, 6) is 1.77. The normalized spacial score (nSPS) is 16.9. The Morgan fingerprint density at radius 2 is 2.00 bits per heavy atom. The van der Waals surface area contributed by atoms with Crippen molar-refractivity contribution in [2.45, 2.75) is 32.4 Å². The van der Waals surface area contributed by atoms with E-state index in [1.165, 1.54) is 18.4 Å². The summed E-state index contributed by atoms with van der Waals surface area (Å²) in [5, 5.41) is 0. The second-order valence-electron chi connectivity index (χ2n) is 5.13. The number of hydrogen-bond donors (Lipinski definition) is 1. The van der Waals surface area contributed by atoms with Crippen molar-refractivity contribution >= 4 is 0 Å². The van der Waals surface area contributed by atoms with E-state index in [2.05, 4.69) is 24.1 Å². The summed E-state index contributed by atoms with van der Waals surface area (Å²) in [4.78, 5) is 2.38. The predicted molar refractivity (Wildman–Crippen MR) is 74.6 cm³/mol. The van der Waals surface area contributed by atoms with E-state index in [0.717, 1.165) is 31.4 Å². The van der Waals surface area contributed by atoms with Crippen LogP contribution < -0.4 is 10.5 Å². The van der Waals surface area contributed by atoms with Crippen molar-refractivity contribution in [3.63, 3.8) is 0 Å². The first-order chi connectivity index (χ1) is 8.74. The van der Waals surface area contributed by atoms with Crippen molar-refractivity contribution in [3.05, 3.63) is 29.8 Å². The minimum absolute atomic E-state index is 0.538. The van der Waals surface area contributed by atoms with Crippen LogP contribution in [0, 0.1) is 5.92 Å². The van der Waals surface area contributed by atoms with Crippen molar-refractivity contribution < 1.29 is 4.74 Å². The van der Waals surface area contributed by atoms with E-state index in [9.17, 15) is 0 Å². The minimum atomic E-state index is 0.538. The lowest BCUT2D eigenvalue weighted by atomic mass is 10.1. The molecule has 1 aromatic rings. The molecule has 0 bridgehead atoms. The van der Waals surface area contributed by atoms with E-state index in [1.807, 2.05) is 19.1 Å². The molecule has 2 N–H and O–H groups in total. The van der Waals surface area contributed by atoms with Gasteiger partial charge in [-0.25, -0.2) is 0 Å². The summed E-state index contributed by atoms with van der Waals surface area (Å²) in [6, 6.07) is 8.91. The predicted octanol–water partition coefficient (Wildman–Crippen LogP) is 2.25. The van der Waals surface area contributed by atoms with Gasteiger partial charge >= 0.3 is 0 Å². The molecular weight excluding hydrogens is 224 g/mol. The molecule has 1 aliphatic carbocycles. The van der Waals surface area contributed by atoms with E-state index in [1.54, 1.807) is 0 Å². The van der Waals surface area contributed by atoms with Gasteiger partial charge in [-0.1, -0.05) is 12.1 Å². The van der Waals surface area contributed by atoms with Gasteiger partial charge in [0.15, 0.2) is 0 Å². The smallest absolute Gasteiger partial charge is 0.119 e. The van der Waals surface area contributed by atoms with Crippen LogP contribution in [0.1, 0.15) is 25.3 Å². The molecule has 18 heavy (non-hydrogen) atoms. The zero-order valence-electron chi connectivity index (χ0n) is 11.4. The van der Waals surface area contributed by atoms with Gasteiger partial charge in [0, 0.05) is 19.1 Å². The molecule has 0 aliphatic heterocycles. The molecule has 0 radical (unpaired) electrons. The fourth-order valence-corrected chi connectivity index (χ4v) is 2.48. The van der Waals surface area contributed by atoms with E-state index < -0.39 is 0 Å². The third kappa shape index (κ3) is 3.47. The molecule has 0 amide bonds. The second-order valence-corrected chi connectivity index (χ2v) is 5.13. The van der Waals surface area contributed by atoms with Crippen LogP contribution in [0.2, 0.25) is 0 Å². The maximum Gasteiger partial charge on any atom is 0.119 e. The molecule has 1 aromatic carbocycles. The van der Waals surface area contributed by atoms with Crippen molar-refractivity contribution in [2.24, 2.45) is 11.7 Å². The highest BCUT2D eigenvalue weighted by molar-refractivity contribution is 5.27. The summed E-state index contributed by atoms with van der Waals surface area (Å²) in [5.41, 5.74) is 7.19. The average molecular weight is 248 g/mol. The number of nitrogens with two attached hydrogens (primary N) is 1. The highest BCUT2D eigenvalue weighted by atomic mass is 16.5. The summed E-state index contributed by atoms with van der Waals surface area (Å²) < 4.78 is 5.45. The molecule has 1 atom stereocenters. The van der Waals surface area contributed by atoms with Crippen molar-refractivity contribution in [1.29, 1.82) is 0 Å². The Kier molecular flexibility index (Phi) is 4.61. The summed E-state index contributed by atoms with van der Waals surface area (Å²) >= 11 is 0. The highest BCUT2D eigenvalue weighted by Crippen LogP contribution is 2.34. The molecule has 100 valence electrons. The SMILES string of the molecule is CCOc1ccc(CN(C)C(CN)C2CC2)cc1. The van der Waals surface area contributed by atoms with Crippen LogP contribution in [0.25, 0.3) is 0 Å². The van der Waals surface area contributed by atoms with Gasteiger partial charge in [0.1, 0.15) is 5.75 Å². The zero-order valence-corrected chi connectivity index (χ0v) is 11.4. The fraction of sp³-hybridized carbons (Fsp3) is 0.600. The van der Waals surface area contributed by atoms with Gasteiger partial charge in [-0.15, -0.1) is 0 Å². The van der Waals surface area contributed by atoms with Crippen LogP contribution in [-0.4, -0.2) is 31.1 Å². The van der Waals surface area contributed by atoms with Gasteiger partial charge in [0.05, 0.1) is 6.61 Å². The molecule has 1 aliphatic rings. The van der Waals surface area contributed by atoms with E-state index in [-0.39, 0.29) is 0 Å². The molecule has 0 heterocycles. The third-order valence-electron chi connectivity index (χ3n) is 3.64. The molecule has 1 fully saturated rings. The second kappa shape index (κ2) is 6.21. The molecule has 3 nitrogen and oxygen atoms in total. The Balaban J connectivity index is 1.91. The van der Waals surface area contributed by atoms with Crippen LogP contribution in [0.5, 0.6) is 5.75 Å². The zero-order chi connectivity index (χ0) is 13.0. The van der Waals surface area contributed by atoms with Gasteiger partial charge in [-0.2, -0.15) is 0 Å². The maximum absolute atomic E-state index is 5.87. The largest absolute Gasteiger partial charge is 0.494 e. The third-order valence-corrected chi connectivity index (χ3v) is 3.64. The lowest BCUT2D eigenvalue weighted by Crippen LogP contribution is -2.39. The van der Waals surface area contributed by atoms with Crippen molar-refractivity contribution in [1.82, 2.24) is 4.90 Å². The Morgan fingerprint density at radius 1 is 1.33 bits per heavy atom. The van der Waals surface area contributed by atoms with Gasteiger partial charge in [-0.05, 0) is 50.4 Å². The summed E-state index contributed by atoms with van der Waals surface area (Å²) in [6.45, 7) is 4.45. The van der Waals surface area contributed by atoms with Crippen LogP contribution >= 0.6 is 0 Å². The number of likely N-dealkylation sites (N-methyl/N-ethyl adjacent to an activating group) is 1. The molecule has 1 saturated carbocycles. The lowest BCUT2D eigenvalue weighted by molar-refractivity contribution is 0.215. The molecular formula is C15H24N2O. The molecule has 2 rings (SSSR count). The monoisotopic (exact) mass is 248 g/mol. The Hall–Kier alpha value is -1.06. The summed E-state index contributed by atoms with van der Waals surface area (Å²) in [7, 11) is 2.17. The highest BCUT2D eigenvalue weighted by Gasteiger charge is 2.32. The van der Waals surface area contributed by atoms with Gasteiger partial charge in [0.25, 0.3) is 0 Å². The van der Waals surface area contributed by atoms with E-state index >= 15 is 0 Å². The minimum Gasteiger partial charge on any atom is -0.494 e. The fourth-order valence-electron chi connectivity index (χ4n) is 2.48. The number of benzene rings is 1. The Morgan fingerprint density at radius 3 is 2.50 bits per heavy atom.